The van der Waals surface area contributed by atoms with Gasteiger partial charge in [-0.15, -0.1) is 0 Å². The summed E-state index contributed by atoms with van der Waals surface area (Å²) in [5.74, 6) is 0.667. The molecule has 0 unspecified atom stereocenters. The van der Waals surface area contributed by atoms with Gasteiger partial charge in [0.15, 0.2) is 17.3 Å². The highest BCUT2D eigenvalue weighted by Crippen LogP contribution is 2.28. The minimum absolute atomic E-state index is 0.353. The zero-order chi connectivity index (χ0) is 12.3. The summed E-state index contributed by atoms with van der Waals surface area (Å²) >= 11 is 0. The summed E-state index contributed by atoms with van der Waals surface area (Å²) in [6.45, 7) is 2.90. The molecule has 0 bridgehead atoms. The average molecular weight is 224 g/mol. The van der Waals surface area contributed by atoms with Gasteiger partial charge in [0, 0.05) is 5.56 Å². The van der Waals surface area contributed by atoms with Crippen molar-refractivity contribution in [2.24, 2.45) is 0 Å². The van der Waals surface area contributed by atoms with E-state index < -0.39 is 5.60 Å². The molecular formula is C12H16O4. The number of hydrogen-bond donors (Lipinski definition) is 1. The van der Waals surface area contributed by atoms with Gasteiger partial charge >= 0.3 is 0 Å². The van der Waals surface area contributed by atoms with Crippen molar-refractivity contribution in [1.29, 1.82) is 0 Å². The second kappa shape index (κ2) is 4.53. The Bertz CT molecular complexity index is 390. The maximum Gasteiger partial charge on any atom is 0.193 e. The summed E-state index contributed by atoms with van der Waals surface area (Å²) in [5, 5.41) is 9.61. The maximum atomic E-state index is 11.8. The molecule has 0 spiro atoms. The molecule has 1 aromatic rings. The van der Waals surface area contributed by atoms with Crippen molar-refractivity contribution in [2.75, 3.05) is 14.2 Å². The molecule has 0 atom stereocenters. The lowest BCUT2D eigenvalue weighted by atomic mass is 9.96. The molecule has 88 valence electrons. The lowest BCUT2D eigenvalue weighted by molar-refractivity contribution is 0.0487. The lowest BCUT2D eigenvalue weighted by Gasteiger charge is -2.16. The monoisotopic (exact) mass is 224 g/mol. The Hall–Kier alpha value is -1.55. The zero-order valence-corrected chi connectivity index (χ0v) is 9.90. The van der Waals surface area contributed by atoms with Gasteiger partial charge in [0.1, 0.15) is 5.60 Å². The van der Waals surface area contributed by atoms with Crippen LogP contribution in [-0.2, 0) is 0 Å². The topological polar surface area (TPSA) is 55.8 Å². The number of methoxy groups -OCH3 is 2. The molecule has 0 aliphatic carbocycles. The van der Waals surface area contributed by atoms with E-state index in [2.05, 4.69) is 0 Å². The van der Waals surface area contributed by atoms with E-state index in [1.165, 1.54) is 28.1 Å². The van der Waals surface area contributed by atoms with Gasteiger partial charge in [-0.3, -0.25) is 4.79 Å². The van der Waals surface area contributed by atoms with Crippen LogP contribution < -0.4 is 9.47 Å². The fraction of sp³-hybridized carbons (Fsp3) is 0.417. The number of ketones is 1. The Balaban J connectivity index is 3.13. The first-order valence-corrected chi connectivity index (χ1v) is 4.89. The van der Waals surface area contributed by atoms with Crippen LogP contribution in [0.25, 0.3) is 0 Å². The van der Waals surface area contributed by atoms with Crippen LogP contribution in [0.3, 0.4) is 0 Å². The van der Waals surface area contributed by atoms with E-state index in [1.54, 1.807) is 18.2 Å². The van der Waals surface area contributed by atoms with E-state index >= 15 is 0 Å². The van der Waals surface area contributed by atoms with Gasteiger partial charge in [0.05, 0.1) is 14.2 Å². The number of benzene rings is 1. The zero-order valence-electron chi connectivity index (χ0n) is 9.90. The molecule has 1 aromatic carbocycles. The number of Topliss-reactive ketones (excluding diaryl/α,β-unsaturated/α-hetero) is 1. The molecule has 4 nitrogen and oxygen atoms in total. The summed E-state index contributed by atoms with van der Waals surface area (Å²) in [5.41, 5.74) is -0.996. The molecule has 1 rings (SSSR count). The van der Waals surface area contributed by atoms with Crippen LogP contribution in [0.4, 0.5) is 0 Å². The van der Waals surface area contributed by atoms with Gasteiger partial charge in [-0.1, -0.05) is 0 Å². The third-order valence-electron chi connectivity index (χ3n) is 2.20. The van der Waals surface area contributed by atoms with Gasteiger partial charge in [-0.05, 0) is 32.0 Å². The number of carbonyl (C=O) groups excluding carboxylic acids is 1. The van der Waals surface area contributed by atoms with E-state index in [1.807, 2.05) is 0 Å². The lowest BCUT2D eigenvalue weighted by Crippen LogP contribution is -2.31. The van der Waals surface area contributed by atoms with Gasteiger partial charge in [0.2, 0.25) is 0 Å². The van der Waals surface area contributed by atoms with Gasteiger partial charge in [-0.25, -0.2) is 0 Å². The molecule has 4 heteroatoms. The number of ether oxygens (including phenoxy) is 2. The molecule has 0 heterocycles. The fourth-order valence-corrected chi connectivity index (χ4v) is 1.33. The first-order chi connectivity index (χ1) is 7.40. The van der Waals surface area contributed by atoms with E-state index in [0.29, 0.717) is 17.1 Å². The third-order valence-corrected chi connectivity index (χ3v) is 2.20. The summed E-state index contributed by atoms with van der Waals surface area (Å²) in [6.07, 6.45) is 0. The van der Waals surface area contributed by atoms with Crippen LogP contribution in [0.5, 0.6) is 11.5 Å². The maximum absolute atomic E-state index is 11.8. The quantitative estimate of drug-likeness (QED) is 0.790. The summed E-state index contributed by atoms with van der Waals surface area (Å²) in [7, 11) is 3.02. The molecule has 0 radical (unpaired) electrons. The van der Waals surface area contributed by atoms with Crippen molar-refractivity contribution in [2.45, 2.75) is 19.4 Å². The summed E-state index contributed by atoms with van der Waals surface area (Å²) in [4.78, 5) is 11.8. The van der Waals surface area contributed by atoms with Gasteiger partial charge in [0.25, 0.3) is 0 Å². The van der Waals surface area contributed by atoms with Crippen LogP contribution in [0.15, 0.2) is 18.2 Å². The summed E-state index contributed by atoms with van der Waals surface area (Å²) < 4.78 is 10.1. The van der Waals surface area contributed by atoms with E-state index in [9.17, 15) is 9.90 Å². The third kappa shape index (κ3) is 2.52. The molecule has 0 fully saturated rings. The Kier molecular flexibility index (Phi) is 3.55. The van der Waals surface area contributed by atoms with Crippen molar-refractivity contribution >= 4 is 5.78 Å². The fourth-order valence-electron chi connectivity index (χ4n) is 1.33. The largest absolute Gasteiger partial charge is 0.493 e. The van der Waals surface area contributed by atoms with Gasteiger partial charge < -0.3 is 14.6 Å². The minimum Gasteiger partial charge on any atom is -0.493 e. The Labute approximate surface area is 94.8 Å². The van der Waals surface area contributed by atoms with Crippen LogP contribution >= 0.6 is 0 Å². The smallest absolute Gasteiger partial charge is 0.193 e. The molecule has 1 N–H and O–H groups in total. The molecule has 0 aliphatic heterocycles. The van der Waals surface area contributed by atoms with E-state index in [4.69, 9.17) is 9.47 Å². The highest BCUT2D eigenvalue weighted by Gasteiger charge is 2.25. The molecule has 0 saturated carbocycles. The second-order valence-corrected chi connectivity index (χ2v) is 3.96. The molecule has 0 aliphatic rings. The van der Waals surface area contributed by atoms with E-state index in [0.717, 1.165) is 0 Å². The Morgan fingerprint density at radius 2 is 1.75 bits per heavy atom. The molecule has 16 heavy (non-hydrogen) atoms. The highest BCUT2D eigenvalue weighted by atomic mass is 16.5. The standard InChI is InChI=1S/C12H16O4/c1-12(2,14)11(13)8-5-6-9(15-3)10(7-8)16-4/h5-7,14H,1-4H3. The first-order valence-electron chi connectivity index (χ1n) is 4.89. The first kappa shape index (κ1) is 12.5. The normalized spacial score (nSPS) is 11.1. The number of carbonyl (C=O) groups is 1. The average Bonchev–Trinajstić information content (AvgIpc) is 2.25. The second-order valence-electron chi connectivity index (χ2n) is 3.96. The molecular weight excluding hydrogens is 208 g/mol. The molecule has 0 aromatic heterocycles. The predicted molar refractivity (Wildman–Crippen MR) is 60.2 cm³/mol. The van der Waals surface area contributed by atoms with Crippen LogP contribution in [0, 0.1) is 0 Å². The Morgan fingerprint density at radius 3 is 2.19 bits per heavy atom. The highest BCUT2D eigenvalue weighted by molar-refractivity contribution is 6.02. The van der Waals surface area contributed by atoms with Crippen LogP contribution in [0.1, 0.15) is 24.2 Å². The van der Waals surface area contributed by atoms with Crippen molar-refractivity contribution in [3.63, 3.8) is 0 Å². The van der Waals surface area contributed by atoms with Crippen LogP contribution in [-0.4, -0.2) is 30.7 Å². The van der Waals surface area contributed by atoms with Crippen molar-refractivity contribution in [3.05, 3.63) is 23.8 Å². The number of hydrogen-bond acceptors (Lipinski definition) is 4. The van der Waals surface area contributed by atoms with Crippen LogP contribution in [0.2, 0.25) is 0 Å². The number of aliphatic hydroxyl groups is 1. The molecule has 0 amide bonds. The minimum atomic E-state index is -1.39. The number of rotatable bonds is 4. The molecule has 0 saturated heterocycles. The van der Waals surface area contributed by atoms with Crippen molar-refractivity contribution < 1.29 is 19.4 Å². The van der Waals surface area contributed by atoms with Gasteiger partial charge in [-0.2, -0.15) is 0 Å². The van der Waals surface area contributed by atoms with Crippen molar-refractivity contribution in [3.8, 4) is 11.5 Å². The Morgan fingerprint density at radius 1 is 1.19 bits per heavy atom. The van der Waals surface area contributed by atoms with Crippen molar-refractivity contribution in [1.82, 2.24) is 0 Å². The van der Waals surface area contributed by atoms with E-state index in [-0.39, 0.29) is 5.78 Å². The SMILES string of the molecule is COc1ccc(C(=O)C(C)(C)O)cc1OC. The summed E-state index contributed by atoms with van der Waals surface area (Å²) in [6, 6.07) is 4.79. The predicted octanol–water partition coefficient (Wildman–Crippen LogP) is 1.66.